The molecule has 2 rings (SSSR count). The Hall–Kier alpha value is -0.870. The monoisotopic (exact) mass is 251 g/mol. The summed E-state index contributed by atoms with van der Waals surface area (Å²) in [5, 5.41) is 0. The normalized spacial score (nSPS) is 23.5. The maximum Gasteiger partial charge on any atom is 0.0952 e. The van der Waals surface area contributed by atoms with Crippen LogP contribution in [0.4, 0.5) is 0 Å². The van der Waals surface area contributed by atoms with Crippen LogP contribution in [0.15, 0.2) is 12.5 Å². The predicted molar refractivity (Wildman–Crippen MR) is 72.3 cm³/mol. The van der Waals surface area contributed by atoms with Crippen molar-refractivity contribution in [1.82, 2.24) is 9.55 Å². The quantitative estimate of drug-likeness (QED) is 0.875. The molecule has 3 atom stereocenters. The summed E-state index contributed by atoms with van der Waals surface area (Å²) in [5.41, 5.74) is 7.41. The molecule has 3 unspecified atom stereocenters. The molecule has 102 valence electrons. The third-order valence-electron chi connectivity index (χ3n) is 3.74. The van der Waals surface area contributed by atoms with Gasteiger partial charge in [-0.05, 0) is 32.1 Å². The fourth-order valence-corrected chi connectivity index (χ4v) is 2.73. The Morgan fingerprint density at radius 2 is 2.28 bits per heavy atom. The fourth-order valence-electron chi connectivity index (χ4n) is 2.73. The lowest BCUT2D eigenvalue weighted by Crippen LogP contribution is -2.25. The highest BCUT2D eigenvalue weighted by Crippen LogP contribution is 2.28. The van der Waals surface area contributed by atoms with Gasteiger partial charge in [-0.1, -0.05) is 13.8 Å². The molecule has 0 saturated carbocycles. The number of rotatable bonds is 5. The maximum atomic E-state index is 6.28. The molecule has 4 heteroatoms. The molecule has 18 heavy (non-hydrogen) atoms. The average Bonchev–Trinajstić information content (AvgIpc) is 2.98. The Balaban J connectivity index is 2.10. The zero-order valence-electron chi connectivity index (χ0n) is 11.7. The van der Waals surface area contributed by atoms with Gasteiger partial charge in [-0.3, -0.25) is 0 Å². The van der Waals surface area contributed by atoms with E-state index in [0.29, 0.717) is 18.1 Å². The minimum atomic E-state index is 0.0661. The second-order valence-corrected chi connectivity index (χ2v) is 5.75. The summed E-state index contributed by atoms with van der Waals surface area (Å²) in [6, 6.07) is 0.388. The van der Waals surface area contributed by atoms with Crippen molar-refractivity contribution >= 4 is 0 Å². The Morgan fingerprint density at radius 1 is 1.50 bits per heavy atom. The molecule has 4 nitrogen and oxygen atoms in total. The predicted octanol–water partition coefficient (Wildman–Crippen LogP) is 2.67. The number of hydrogen-bond acceptors (Lipinski definition) is 3. The van der Waals surface area contributed by atoms with Crippen LogP contribution in [0.25, 0.3) is 0 Å². The largest absolute Gasteiger partial charge is 0.376 e. The molecule has 1 aliphatic heterocycles. The molecular weight excluding hydrogens is 226 g/mol. The van der Waals surface area contributed by atoms with Gasteiger partial charge in [-0.15, -0.1) is 0 Å². The van der Waals surface area contributed by atoms with E-state index < -0.39 is 0 Å². The average molecular weight is 251 g/mol. The minimum Gasteiger partial charge on any atom is -0.376 e. The lowest BCUT2D eigenvalue weighted by Gasteiger charge is -2.24. The molecule has 2 N–H and O–H groups in total. The lowest BCUT2D eigenvalue weighted by molar-refractivity contribution is 0.0719. The summed E-state index contributed by atoms with van der Waals surface area (Å²) >= 11 is 0. The smallest absolute Gasteiger partial charge is 0.0952 e. The molecule has 0 aromatic carbocycles. The summed E-state index contributed by atoms with van der Waals surface area (Å²) in [4.78, 5) is 4.27. The first kappa shape index (κ1) is 13.6. The molecule has 1 aromatic heterocycles. The van der Waals surface area contributed by atoms with Crippen molar-refractivity contribution in [2.75, 3.05) is 6.61 Å². The molecule has 0 aliphatic carbocycles. The molecule has 2 heterocycles. The molecule has 1 fully saturated rings. The zero-order chi connectivity index (χ0) is 13.1. The van der Waals surface area contributed by atoms with Gasteiger partial charge in [0.25, 0.3) is 0 Å². The van der Waals surface area contributed by atoms with E-state index >= 15 is 0 Å². The molecule has 1 saturated heterocycles. The van der Waals surface area contributed by atoms with Gasteiger partial charge in [0.2, 0.25) is 0 Å². The van der Waals surface area contributed by atoms with Crippen LogP contribution in [0, 0.1) is 5.92 Å². The van der Waals surface area contributed by atoms with Crippen molar-refractivity contribution in [2.24, 2.45) is 11.7 Å². The molecule has 0 spiro atoms. The van der Waals surface area contributed by atoms with Crippen LogP contribution in [0.3, 0.4) is 0 Å². The Labute approximate surface area is 110 Å². The topological polar surface area (TPSA) is 53.1 Å². The van der Waals surface area contributed by atoms with Crippen LogP contribution in [0.1, 0.15) is 57.8 Å². The van der Waals surface area contributed by atoms with Crippen molar-refractivity contribution < 1.29 is 4.74 Å². The highest BCUT2D eigenvalue weighted by Gasteiger charge is 2.26. The van der Waals surface area contributed by atoms with E-state index in [4.69, 9.17) is 10.5 Å². The molecular formula is C14H25N3O. The van der Waals surface area contributed by atoms with Gasteiger partial charge in [-0.2, -0.15) is 0 Å². The van der Waals surface area contributed by atoms with Crippen LogP contribution >= 0.6 is 0 Å². The highest BCUT2D eigenvalue weighted by molar-refractivity contribution is 5.07. The summed E-state index contributed by atoms with van der Waals surface area (Å²) in [6.07, 6.45) is 7.39. The van der Waals surface area contributed by atoms with Crippen molar-refractivity contribution in [3.63, 3.8) is 0 Å². The molecule has 0 amide bonds. The Bertz CT molecular complexity index is 369. The number of imidazole rings is 1. The van der Waals surface area contributed by atoms with Crippen molar-refractivity contribution in [3.05, 3.63) is 18.2 Å². The minimum absolute atomic E-state index is 0.0661. The van der Waals surface area contributed by atoms with Gasteiger partial charge >= 0.3 is 0 Å². The lowest BCUT2D eigenvalue weighted by atomic mass is 10.0. The Morgan fingerprint density at radius 3 is 2.89 bits per heavy atom. The van der Waals surface area contributed by atoms with Gasteiger partial charge in [0.1, 0.15) is 0 Å². The van der Waals surface area contributed by atoms with E-state index in [2.05, 4.69) is 30.3 Å². The summed E-state index contributed by atoms with van der Waals surface area (Å²) < 4.78 is 7.96. The third-order valence-corrected chi connectivity index (χ3v) is 3.74. The number of nitrogens with two attached hydrogens (primary N) is 1. The van der Waals surface area contributed by atoms with Crippen LogP contribution in [0.2, 0.25) is 0 Å². The van der Waals surface area contributed by atoms with E-state index in [-0.39, 0.29) is 6.04 Å². The van der Waals surface area contributed by atoms with E-state index in [0.717, 1.165) is 31.6 Å². The van der Waals surface area contributed by atoms with Crippen LogP contribution in [-0.4, -0.2) is 22.3 Å². The second kappa shape index (κ2) is 5.85. The van der Waals surface area contributed by atoms with Crippen LogP contribution in [0.5, 0.6) is 0 Å². The SMILES string of the molecule is CC(C)CC(N)c1cncn1C(C)C1CCCO1. The van der Waals surface area contributed by atoms with Crippen molar-refractivity contribution in [2.45, 2.75) is 58.2 Å². The molecule has 0 bridgehead atoms. The van der Waals surface area contributed by atoms with E-state index in [1.165, 1.54) is 0 Å². The first-order valence-electron chi connectivity index (χ1n) is 6.98. The van der Waals surface area contributed by atoms with Crippen LogP contribution in [-0.2, 0) is 4.74 Å². The summed E-state index contributed by atoms with van der Waals surface area (Å²) in [6.45, 7) is 7.48. The zero-order valence-corrected chi connectivity index (χ0v) is 11.7. The maximum absolute atomic E-state index is 6.28. The summed E-state index contributed by atoms with van der Waals surface area (Å²) in [7, 11) is 0. The van der Waals surface area contributed by atoms with Crippen molar-refractivity contribution in [1.29, 1.82) is 0 Å². The van der Waals surface area contributed by atoms with E-state index in [1.807, 2.05) is 12.5 Å². The third kappa shape index (κ3) is 2.93. The Kier molecular flexibility index (Phi) is 4.40. The van der Waals surface area contributed by atoms with E-state index in [1.54, 1.807) is 0 Å². The highest BCUT2D eigenvalue weighted by atomic mass is 16.5. The van der Waals surface area contributed by atoms with Gasteiger partial charge in [0.15, 0.2) is 0 Å². The first-order valence-corrected chi connectivity index (χ1v) is 6.98. The molecule has 1 aromatic rings. The summed E-state index contributed by atoms with van der Waals surface area (Å²) in [5.74, 6) is 0.599. The number of nitrogens with zero attached hydrogens (tertiary/aromatic N) is 2. The number of aromatic nitrogens is 2. The van der Waals surface area contributed by atoms with Gasteiger partial charge < -0.3 is 15.0 Å². The fraction of sp³-hybridized carbons (Fsp3) is 0.786. The second-order valence-electron chi connectivity index (χ2n) is 5.75. The van der Waals surface area contributed by atoms with Gasteiger partial charge in [0.05, 0.1) is 24.2 Å². The van der Waals surface area contributed by atoms with Crippen LogP contribution < -0.4 is 5.73 Å². The first-order chi connectivity index (χ1) is 8.59. The molecule has 1 aliphatic rings. The van der Waals surface area contributed by atoms with Gasteiger partial charge in [0, 0.05) is 18.8 Å². The standard InChI is InChI=1S/C14H25N3O/c1-10(2)7-12(15)13-8-16-9-17(13)11(3)14-5-4-6-18-14/h8-12,14H,4-7,15H2,1-3H3. The number of ether oxygens (including phenoxy) is 1. The van der Waals surface area contributed by atoms with E-state index in [9.17, 15) is 0 Å². The molecule has 0 radical (unpaired) electrons. The van der Waals surface area contributed by atoms with Gasteiger partial charge in [-0.25, -0.2) is 4.98 Å². The van der Waals surface area contributed by atoms with Crippen molar-refractivity contribution in [3.8, 4) is 0 Å². The number of hydrogen-bond donors (Lipinski definition) is 1.